The molecule has 2 atom stereocenters. The summed E-state index contributed by atoms with van der Waals surface area (Å²) in [6.07, 6.45) is -2.21. The number of nitrogens with zero attached hydrogens (tertiary/aromatic N) is 2. The molecule has 0 unspecified atom stereocenters. The third-order valence-corrected chi connectivity index (χ3v) is 8.73. The number of alkyl halides is 2. The molecule has 226 valence electrons. The van der Waals surface area contributed by atoms with E-state index in [2.05, 4.69) is 10.3 Å². The largest absolute Gasteiger partial charge is 0.465 e. The predicted molar refractivity (Wildman–Crippen MR) is 144 cm³/mol. The molecule has 0 spiro atoms. The quantitative estimate of drug-likeness (QED) is 0.246. The van der Waals surface area contributed by atoms with Crippen LogP contribution in [0.25, 0.3) is 22.3 Å². The lowest BCUT2D eigenvalue weighted by atomic mass is 9.81. The van der Waals surface area contributed by atoms with Gasteiger partial charge in [0.15, 0.2) is 5.60 Å². The van der Waals surface area contributed by atoms with E-state index in [0.29, 0.717) is 27.6 Å². The van der Waals surface area contributed by atoms with Gasteiger partial charge in [0.25, 0.3) is 11.5 Å². The van der Waals surface area contributed by atoms with Crippen molar-refractivity contribution in [3.63, 3.8) is 0 Å². The van der Waals surface area contributed by atoms with Crippen LogP contribution >= 0.6 is 0 Å². The van der Waals surface area contributed by atoms with E-state index in [-0.39, 0.29) is 60.4 Å². The van der Waals surface area contributed by atoms with Gasteiger partial charge in [0.1, 0.15) is 12.4 Å². The number of esters is 1. The molecule has 0 saturated carbocycles. The number of cyclic esters (lactones) is 1. The Hall–Kier alpha value is -4.46. The smallest absolute Gasteiger partial charge is 0.404 e. The number of halogens is 3. The van der Waals surface area contributed by atoms with Gasteiger partial charge in [-0.05, 0) is 48.9 Å². The number of carbonyl (C=O) groups excluding carboxylic acids is 2. The standard InChI is InChI=1S/C29H27F3N4O7/c1-3-28(42)16-8-20-23-14(10-36(20)24(37)15(16)11-43-26(28)39)22-18(35-25(38)29(31,32)6-7-33-27(40)41)5-4-13-12(2)17(30)9-19(34-23)21(13)22/h8-9,18,33,42H,3-7,10-11H2,1-2H3,(H,35,38)(H,40,41)/t18-,28-/m0/s1. The third kappa shape index (κ3) is 4.26. The maximum Gasteiger partial charge on any atom is 0.404 e. The SMILES string of the molecule is CC[C@@]1(O)C(=O)OCc2c1cc1n(c2=O)Cc2c-1nc1cc(F)c(C)c3c1c2[C@@H](NC(=O)C(F)(F)CCNC(=O)O)CC3. The van der Waals surface area contributed by atoms with Gasteiger partial charge in [-0.25, -0.2) is 19.0 Å². The molecule has 2 aromatic heterocycles. The molecule has 0 bridgehead atoms. The van der Waals surface area contributed by atoms with Gasteiger partial charge in [-0.15, -0.1) is 0 Å². The van der Waals surface area contributed by atoms with Crippen LogP contribution in [0.4, 0.5) is 18.0 Å². The zero-order valence-electron chi connectivity index (χ0n) is 23.1. The lowest BCUT2D eigenvalue weighted by Gasteiger charge is -2.31. The van der Waals surface area contributed by atoms with E-state index in [4.69, 9.17) is 9.84 Å². The summed E-state index contributed by atoms with van der Waals surface area (Å²) < 4.78 is 51.0. The van der Waals surface area contributed by atoms with Gasteiger partial charge >= 0.3 is 18.0 Å². The average Bonchev–Trinajstić information content (AvgIpc) is 3.32. The molecule has 2 amide bonds. The number of rotatable bonds is 6. The molecule has 4 heterocycles. The van der Waals surface area contributed by atoms with Crippen LogP contribution in [-0.2, 0) is 39.5 Å². The van der Waals surface area contributed by atoms with Crippen molar-refractivity contribution in [3.05, 3.63) is 61.7 Å². The van der Waals surface area contributed by atoms with Crippen LogP contribution in [-0.4, -0.2) is 50.2 Å². The van der Waals surface area contributed by atoms with Crippen molar-refractivity contribution >= 4 is 28.9 Å². The molecular weight excluding hydrogens is 573 g/mol. The van der Waals surface area contributed by atoms with E-state index in [1.165, 1.54) is 16.7 Å². The first-order valence-corrected chi connectivity index (χ1v) is 13.8. The number of carbonyl (C=O) groups is 3. The van der Waals surface area contributed by atoms with Crippen molar-refractivity contribution in [2.45, 2.75) is 70.2 Å². The van der Waals surface area contributed by atoms with Crippen molar-refractivity contribution in [2.75, 3.05) is 6.54 Å². The second kappa shape index (κ2) is 9.79. The van der Waals surface area contributed by atoms with E-state index in [1.807, 2.05) is 5.32 Å². The molecule has 4 N–H and O–H groups in total. The fourth-order valence-electron chi connectivity index (χ4n) is 6.40. The number of aryl methyl sites for hydroxylation is 1. The number of ether oxygens (including phenoxy) is 1. The topological polar surface area (TPSA) is 160 Å². The molecule has 1 aromatic carbocycles. The first kappa shape index (κ1) is 28.6. The Balaban J connectivity index is 1.51. The highest BCUT2D eigenvalue weighted by Gasteiger charge is 2.46. The minimum atomic E-state index is -3.90. The number of amides is 2. The van der Waals surface area contributed by atoms with E-state index in [0.717, 1.165) is 0 Å². The third-order valence-electron chi connectivity index (χ3n) is 8.73. The fourth-order valence-corrected chi connectivity index (χ4v) is 6.40. The number of aromatic nitrogens is 2. The second-order valence-corrected chi connectivity index (χ2v) is 11.1. The Kier molecular flexibility index (Phi) is 6.53. The maximum atomic E-state index is 15.0. The Morgan fingerprint density at radius 2 is 1.98 bits per heavy atom. The highest BCUT2D eigenvalue weighted by atomic mass is 19.3. The summed E-state index contributed by atoms with van der Waals surface area (Å²) >= 11 is 0. The molecule has 3 aliphatic rings. The van der Waals surface area contributed by atoms with Crippen LogP contribution in [0.15, 0.2) is 16.9 Å². The molecule has 2 aliphatic heterocycles. The Labute approximate surface area is 241 Å². The summed E-state index contributed by atoms with van der Waals surface area (Å²) in [5.74, 6) is -6.91. The summed E-state index contributed by atoms with van der Waals surface area (Å²) in [5.41, 5.74) is 0.149. The van der Waals surface area contributed by atoms with Gasteiger partial charge in [0, 0.05) is 35.5 Å². The number of nitrogens with one attached hydrogen (secondary N) is 2. The van der Waals surface area contributed by atoms with E-state index in [1.54, 1.807) is 13.8 Å². The zero-order chi connectivity index (χ0) is 31.0. The monoisotopic (exact) mass is 600 g/mol. The lowest BCUT2D eigenvalue weighted by molar-refractivity contribution is -0.172. The normalized spacial score (nSPS) is 20.2. The number of aliphatic hydroxyl groups is 1. The molecule has 14 heteroatoms. The van der Waals surface area contributed by atoms with Crippen LogP contribution in [0.3, 0.4) is 0 Å². The summed E-state index contributed by atoms with van der Waals surface area (Å²) in [6, 6.07) is 1.75. The van der Waals surface area contributed by atoms with Crippen LogP contribution in [0, 0.1) is 12.7 Å². The van der Waals surface area contributed by atoms with Crippen molar-refractivity contribution in [1.29, 1.82) is 0 Å². The number of carboxylic acid groups (broad SMARTS) is 1. The first-order chi connectivity index (χ1) is 20.3. The van der Waals surface area contributed by atoms with Crippen molar-refractivity contribution in [3.8, 4) is 11.4 Å². The highest BCUT2D eigenvalue weighted by molar-refractivity contribution is 5.94. The number of hydrogen-bond donors (Lipinski definition) is 4. The van der Waals surface area contributed by atoms with Crippen molar-refractivity contribution in [2.24, 2.45) is 0 Å². The van der Waals surface area contributed by atoms with Gasteiger partial charge in [0.05, 0.1) is 35.1 Å². The molecular formula is C29H27F3N4O7. The minimum Gasteiger partial charge on any atom is -0.465 e. The summed E-state index contributed by atoms with van der Waals surface area (Å²) in [4.78, 5) is 54.3. The van der Waals surface area contributed by atoms with E-state index < -0.39 is 59.9 Å². The molecule has 6 rings (SSSR count). The molecule has 43 heavy (non-hydrogen) atoms. The number of hydrogen-bond acceptors (Lipinski definition) is 7. The van der Waals surface area contributed by atoms with Crippen LogP contribution in [0.5, 0.6) is 0 Å². The Bertz CT molecular complexity index is 1820. The van der Waals surface area contributed by atoms with Crippen LogP contribution < -0.4 is 16.2 Å². The number of pyridine rings is 2. The lowest BCUT2D eigenvalue weighted by Crippen LogP contribution is -2.44. The van der Waals surface area contributed by atoms with Crippen LogP contribution in [0.1, 0.15) is 65.6 Å². The van der Waals surface area contributed by atoms with Gasteiger partial charge < -0.3 is 30.2 Å². The second-order valence-electron chi connectivity index (χ2n) is 11.1. The van der Waals surface area contributed by atoms with Crippen LogP contribution in [0.2, 0.25) is 0 Å². The molecule has 0 saturated heterocycles. The van der Waals surface area contributed by atoms with E-state index >= 15 is 4.39 Å². The molecule has 0 fully saturated rings. The van der Waals surface area contributed by atoms with E-state index in [9.17, 15) is 33.1 Å². The Morgan fingerprint density at radius 3 is 2.67 bits per heavy atom. The summed E-state index contributed by atoms with van der Waals surface area (Å²) in [7, 11) is 0. The Morgan fingerprint density at radius 1 is 1.23 bits per heavy atom. The summed E-state index contributed by atoms with van der Waals surface area (Å²) in [6.45, 7) is 2.13. The minimum absolute atomic E-state index is 0.0469. The highest BCUT2D eigenvalue weighted by Crippen LogP contribution is 2.46. The molecule has 11 nitrogen and oxygen atoms in total. The first-order valence-electron chi connectivity index (χ1n) is 13.8. The number of fused-ring (bicyclic) bond motifs is 5. The fraction of sp³-hybridized carbons (Fsp3) is 0.414. The average molecular weight is 601 g/mol. The van der Waals surface area contributed by atoms with Gasteiger partial charge in [-0.2, -0.15) is 8.78 Å². The zero-order valence-corrected chi connectivity index (χ0v) is 23.1. The summed E-state index contributed by atoms with van der Waals surface area (Å²) in [5, 5.41) is 24.6. The molecule has 1 aliphatic carbocycles. The van der Waals surface area contributed by atoms with Gasteiger partial charge in [0.2, 0.25) is 0 Å². The van der Waals surface area contributed by atoms with Gasteiger partial charge in [-0.1, -0.05) is 6.92 Å². The predicted octanol–water partition coefficient (Wildman–Crippen LogP) is 2.92. The molecule has 0 radical (unpaired) electrons. The maximum absolute atomic E-state index is 15.0. The number of benzene rings is 1. The molecule has 3 aromatic rings. The van der Waals surface area contributed by atoms with Crippen molar-refractivity contribution < 1.29 is 42.5 Å². The van der Waals surface area contributed by atoms with Crippen molar-refractivity contribution in [1.82, 2.24) is 20.2 Å². The van der Waals surface area contributed by atoms with Gasteiger partial charge in [-0.3, -0.25) is 9.59 Å².